The van der Waals surface area contributed by atoms with E-state index in [-0.39, 0.29) is 16.9 Å². The molecule has 2 heterocycles. The summed E-state index contributed by atoms with van der Waals surface area (Å²) in [5, 5.41) is 0. The summed E-state index contributed by atoms with van der Waals surface area (Å²) in [6, 6.07) is 3.11. The molecule has 0 saturated carbocycles. The second-order valence-corrected chi connectivity index (χ2v) is 7.22. The lowest BCUT2D eigenvalue weighted by molar-refractivity contribution is 0.567. The van der Waals surface area contributed by atoms with Gasteiger partial charge in [-0.1, -0.05) is 11.6 Å². The Labute approximate surface area is 119 Å². The van der Waals surface area contributed by atoms with Gasteiger partial charge < -0.3 is 5.73 Å². The molecule has 2 rings (SSSR count). The van der Waals surface area contributed by atoms with Crippen LogP contribution in [0.4, 0.5) is 5.95 Å². The van der Waals surface area contributed by atoms with E-state index in [1.165, 1.54) is 23.7 Å². The predicted octanol–water partition coefficient (Wildman–Crippen LogP) is 1.81. The molecule has 1 atom stereocenters. The zero-order valence-corrected chi connectivity index (χ0v) is 12.3. The van der Waals surface area contributed by atoms with Crippen LogP contribution in [0.25, 0.3) is 0 Å². The number of hydrogen-bond donors (Lipinski definition) is 2. The van der Waals surface area contributed by atoms with Crippen molar-refractivity contribution in [2.75, 3.05) is 5.73 Å². The van der Waals surface area contributed by atoms with Crippen molar-refractivity contribution in [1.29, 1.82) is 0 Å². The smallest absolute Gasteiger partial charge is 0.244 e. The van der Waals surface area contributed by atoms with Crippen LogP contribution < -0.4 is 10.5 Å². The Hall–Kier alpha value is -1.22. The molecular formula is C10H11ClN4O2S2. The number of nitrogens with zero attached hydrogens (tertiary/aromatic N) is 2. The van der Waals surface area contributed by atoms with E-state index < -0.39 is 10.0 Å². The van der Waals surface area contributed by atoms with Gasteiger partial charge in [-0.2, -0.15) is 0 Å². The van der Waals surface area contributed by atoms with Crippen LogP contribution in [0.2, 0.25) is 4.34 Å². The average Bonchev–Trinajstić information content (AvgIpc) is 2.76. The summed E-state index contributed by atoms with van der Waals surface area (Å²) in [6.45, 7) is 1.73. The molecule has 3 N–H and O–H groups in total. The van der Waals surface area contributed by atoms with E-state index in [1.807, 2.05) is 0 Å². The first-order chi connectivity index (χ1) is 8.88. The normalized spacial score (nSPS) is 13.4. The molecule has 0 bridgehead atoms. The highest BCUT2D eigenvalue weighted by Gasteiger charge is 2.20. The van der Waals surface area contributed by atoms with Crippen LogP contribution in [0.5, 0.6) is 0 Å². The van der Waals surface area contributed by atoms with Crippen molar-refractivity contribution in [3.63, 3.8) is 0 Å². The van der Waals surface area contributed by atoms with Crippen LogP contribution in [0, 0.1) is 0 Å². The Morgan fingerprint density at radius 1 is 1.37 bits per heavy atom. The highest BCUT2D eigenvalue weighted by molar-refractivity contribution is 7.89. The van der Waals surface area contributed by atoms with E-state index in [0.717, 1.165) is 4.88 Å². The average molecular weight is 319 g/mol. The van der Waals surface area contributed by atoms with Gasteiger partial charge in [0.05, 0.1) is 22.8 Å². The quantitative estimate of drug-likeness (QED) is 0.896. The lowest BCUT2D eigenvalue weighted by atomic mass is 10.3. The van der Waals surface area contributed by atoms with Gasteiger partial charge in [0.15, 0.2) is 0 Å². The number of anilines is 1. The van der Waals surface area contributed by atoms with E-state index >= 15 is 0 Å². The Bertz CT molecular complexity index is 669. The fourth-order valence-electron chi connectivity index (χ4n) is 1.38. The summed E-state index contributed by atoms with van der Waals surface area (Å²) in [7, 11) is -3.68. The zero-order chi connectivity index (χ0) is 14.0. The lowest BCUT2D eigenvalue weighted by Crippen LogP contribution is -2.26. The molecule has 2 aromatic rings. The van der Waals surface area contributed by atoms with Crippen LogP contribution in [0.1, 0.15) is 17.8 Å². The van der Waals surface area contributed by atoms with Crippen molar-refractivity contribution < 1.29 is 8.42 Å². The summed E-state index contributed by atoms with van der Waals surface area (Å²) in [4.78, 5) is 8.11. The van der Waals surface area contributed by atoms with Gasteiger partial charge in [0, 0.05) is 4.88 Å². The molecule has 9 heteroatoms. The number of thiophene rings is 1. The van der Waals surface area contributed by atoms with Crippen LogP contribution in [0.3, 0.4) is 0 Å². The number of nitrogens with two attached hydrogens (primary N) is 1. The van der Waals surface area contributed by atoms with Crippen LogP contribution in [-0.2, 0) is 10.0 Å². The molecule has 0 aliphatic rings. The molecule has 102 valence electrons. The van der Waals surface area contributed by atoms with Crippen molar-refractivity contribution >= 4 is 38.9 Å². The molecule has 1 unspecified atom stereocenters. The minimum Gasteiger partial charge on any atom is -0.368 e. The van der Waals surface area contributed by atoms with Gasteiger partial charge in [-0.3, -0.25) is 0 Å². The fraction of sp³-hybridized carbons (Fsp3) is 0.200. The van der Waals surface area contributed by atoms with Gasteiger partial charge in [0.25, 0.3) is 0 Å². The minimum atomic E-state index is -3.68. The maximum atomic E-state index is 12.1. The van der Waals surface area contributed by atoms with E-state index in [4.69, 9.17) is 17.3 Å². The Kier molecular flexibility index (Phi) is 4.04. The lowest BCUT2D eigenvalue weighted by Gasteiger charge is -2.12. The first-order valence-electron chi connectivity index (χ1n) is 5.23. The Balaban J connectivity index is 2.19. The summed E-state index contributed by atoms with van der Waals surface area (Å²) in [5.41, 5.74) is 5.31. The highest BCUT2D eigenvalue weighted by Crippen LogP contribution is 2.27. The Morgan fingerprint density at radius 2 is 2.00 bits per heavy atom. The van der Waals surface area contributed by atoms with Gasteiger partial charge in [0.2, 0.25) is 16.0 Å². The number of nitrogens with one attached hydrogen (secondary N) is 1. The Morgan fingerprint density at radius 3 is 2.53 bits per heavy atom. The number of nitrogen functional groups attached to an aromatic ring is 1. The minimum absolute atomic E-state index is 0.0250. The molecule has 0 fully saturated rings. The number of rotatable bonds is 4. The first kappa shape index (κ1) is 14.2. The van der Waals surface area contributed by atoms with Gasteiger partial charge in [-0.25, -0.2) is 23.1 Å². The van der Waals surface area contributed by atoms with Gasteiger partial charge in [-0.15, -0.1) is 11.3 Å². The molecule has 0 spiro atoms. The van der Waals surface area contributed by atoms with Gasteiger partial charge in [-0.05, 0) is 19.1 Å². The van der Waals surface area contributed by atoms with Crippen molar-refractivity contribution in [3.05, 3.63) is 33.7 Å². The zero-order valence-electron chi connectivity index (χ0n) is 9.87. The van der Waals surface area contributed by atoms with E-state index in [1.54, 1.807) is 19.1 Å². The SMILES string of the molecule is CC(NS(=O)(=O)c1cnc(N)nc1)c1ccc(Cl)s1. The molecule has 0 aliphatic carbocycles. The van der Waals surface area contributed by atoms with Gasteiger partial charge in [0.1, 0.15) is 4.90 Å². The molecule has 0 aromatic carbocycles. The molecule has 6 nitrogen and oxygen atoms in total. The number of halogens is 1. The maximum Gasteiger partial charge on any atom is 0.244 e. The third-order valence-electron chi connectivity index (χ3n) is 2.31. The number of aromatic nitrogens is 2. The van der Waals surface area contributed by atoms with Crippen LogP contribution >= 0.6 is 22.9 Å². The van der Waals surface area contributed by atoms with Gasteiger partial charge >= 0.3 is 0 Å². The van der Waals surface area contributed by atoms with Crippen molar-refractivity contribution in [2.45, 2.75) is 17.9 Å². The van der Waals surface area contributed by atoms with Crippen molar-refractivity contribution in [1.82, 2.24) is 14.7 Å². The summed E-state index contributed by atoms with van der Waals surface area (Å²) >= 11 is 7.14. The van der Waals surface area contributed by atoms with Crippen molar-refractivity contribution in [3.8, 4) is 0 Å². The van der Waals surface area contributed by atoms with E-state index in [2.05, 4.69) is 14.7 Å². The second kappa shape index (κ2) is 5.41. The number of sulfonamides is 1. The maximum absolute atomic E-state index is 12.1. The monoisotopic (exact) mass is 318 g/mol. The standard InChI is InChI=1S/C10H11ClN4O2S2/c1-6(8-2-3-9(11)18-8)15-19(16,17)7-4-13-10(12)14-5-7/h2-6,15H,1H3,(H2,12,13,14). The largest absolute Gasteiger partial charge is 0.368 e. The third-order valence-corrected chi connectivity index (χ3v) is 5.22. The molecule has 0 aliphatic heterocycles. The molecule has 0 radical (unpaired) electrons. The topological polar surface area (TPSA) is 98.0 Å². The summed E-state index contributed by atoms with van der Waals surface area (Å²) < 4.78 is 27.3. The van der Waals surface area contributed by atoms with Crippen LogP contribution in [-0.4, -0.2) is 18.4 Å². The second-order valence-electron chi connectivity index (χ2n) is 3.76. The van der Waals surface area contributed by atoms with E-state index in [0.29, 0.717) is 4.34 Å². The van der Waals surface area contributed by atoms with Crippen molar-refractivity contribution in [2.24, 2.45) is 0 Å². The molecule has 19 heavy (non-hydrogen) atoms. The molecular weight excluding hydrogens is 308 g/mol. The molecule has 2 aromatic heterocycles. The number of hydrogen-bond acceptors (Lipinski definition) is 6. The highest BCUT2D eigenvalue weighted by atomic mass is 35.5. The van der Waals surface area contributed by atoms with Crippen LogP contribution in [0.15, 0.2) is 29.4 Å². The molecule has 0 saturated heterocycles. The first-order valence-corrected chi connectivity index (χ1v) is 7.91. The summed E-state index contributed by atoms with van der Waals surface area (Å²) in [5.74, 6) is 0.0250. The third kappa shape index (κ3) is 3.41. The van der Waals surface area contributed by atoms with E-state index in [9.17, 15) is 8.42 Å². The fourth-order valence-corrected chi connectivity index (χ4v) is 3.63. The molecule has 0 amide bonds. The summed E-state index contributed by atoms with van der Waals surface area (Å²) in [6.07, 6.45) is 2.33. The predicted molar refractivity (Wildman–Crippen MR) is 74.5 cm³/mol.